The van der Waals surface area contributed by atoms with Crippen LogP contribution in [0.15, 0.2) is 42.5 Å². The predicted molar refractivity (Wildman–Crippen MR) is 96.8 cm³/mol. The summed E-state index contributed by atoms with van der Waals surface area (Å²) in [5, 5.41) is 1.07. The van der Waals surface area contributed by atoms with Crippen molar-refractivity contribution in [3.05, 3.63) is 63.6 Å². The molecular weight excluding hydrogens is 345 g/mol. The minimum Gasteiger partial charge on any atom is -0.497 e. The molecule has 5 heteroatoms. The minimum absolute atomic E-state index is 0.0512. The first-order chi connectivity index (χ1) is 11.6. The van der Waals surface area contributed by atoms with Crippen molar-refractivity contribution < 1.29 is 9.53 Å². The van der Waals surface area contributed by atoms with Gasteiger partial charge in [0.05, 0.1) is 19.6 Å². The molecule has 1 heterocycles. The van der Waals surface area contributed by atoms with Gasteiger partial charge in [0.1, 0.15) is 5.75 Å². The van der Waals surface area contributed by atoms with Crippen LogP contribution in [0.2, 0.25) is 10.0 Å². The maximum Gasteiger partial charge on any atom is 0.227 e. The van der Waals surface area contributed by atoms with Crippen molar-refractivity contribution in [3.8, 4) is 5.75 Å². The van der Waals surface area contributed by atoms with Gasteiger partial charge in [-0.25, -0.2) is 0 Å². The van der Waals surface area contributed by atoms with Gasteiger partial charge in [0.15, 0.2) is 0 Å². The topological polar surface area (TPSA) is 29.5 Å². The Morgan fingerprint density at radius 3 is 2.62 bits per heavy atom. The lowest BCUT2D eigenvalue weighted by Crippen LogP contribution is -2.32. The Labute approximate surface area is 152 Å². The number of methoxy groups -OCH3 is 1. The first kappa shape index (κ1) is 17.1. The van der Waals surface area contributed by atoms with Gasteiger partial charge in [0.25, 0.3) is 0 Å². The number of nitrogens with zero attached hydrogens (tertiary/aromatic N) is 1. The number of likely N-dealkylation sites (tertiary alicyclic amines) is 1. The van der Waals surface area contributed by atoms with Gasteiger partial charge in [-0.15, -0.1) is 0 Å². The Morgan fingerprint density at radius 2 is 1.92 bits per heavy atom. The molecule has 126 valence electrons. The molecule has 1 aliphatic rings. The smallest absolute Gasteiger partial charge is 0.227 e. The van der Waals surface area contributed by atoms with Crippen molar-refractivity contribution in [1.82, 2.24) is 4.90 Å². The van der Waals surface area contributed by atoms with Crippen LogP contribution in [0.25, 0.3) is 0 Å². The van der Waals surface area contributed by atoms with Crippen LogP contribution in [0, 0.1) is 0 Å². The third kappa shape index (κ3) is 3.52. The summed E-state index contributed by atoms with van der Waals surface area (Å²) in [4.78, 5) is 14.8. The van der Waals surface area contributed by atoms with Crippen molar-refractivity contribution in [1.29, 1.82) is 0 Å². The van der Waals surface area contributed by atoms with E-state index in [2.05, 4.69) is 0 Å². The Bertz CT molecular complexity index is 728. The maximum atomic E-state index is 12.8. The monoisotopic (exact) mass is 363 g/mol. The highest BCUT2D eigenvalue weighted by atomic mass is 35.5. The molecular formula is C19H19Cl2NO2. The zero-order chi connectivity index (χ0) is 17.1. The highest BCUT2D eigenvalue weighted by Gasteiger charge is 2.30. The van der Waals surface area contributed by atoms with Crippen molar-refractivity contribution >= 4 is 29.1 Å². The second-order valence-electron chi connectivity index (χ2n) is 5.90. The van der Waals surface area contributed by atoms with Crippen molar-refractivity contribution in [2.24, 2.45) is 0 Å². The lowest BCUT2D eigenvalue weighted by atomic mass is 10.0. The molecule has 0 N–H and O–H groups in total. The van der Waals surface area contributed by atoms with Crippen LogP contribution >= 0.6 is 23.2 Å². The van der Waals surface area contributed by atoms with Gasteiger partial charge in [-0.2, -0.15) is 0 Å². The van der Waals surface area contributed by atoms with Gasteiger partial charge >= 0.3 is 0 Å². The van der Waals surface area contributed by atoms with Crippen LogP contribution in [0.3, 0.4) is 0 Å². The van der Waals surface area contributed by atoms with Crippen LogP contribution in [0.4, 0.5) is 0 Å². The predicted octanol–water partition coefficient (Wildman–Crippen LogP) is 4.91. The Morgan fingerprint density at radius 1 is 1.21 bits per heavy atom. The van der Waals surface area contributed by atoms with E-state index in [1.807, 2.05) is 29.2 Å². The fourth-order valence-corrected chi connectivity index (χ4v) is 3.75. The third-order valence-electron chi connectivity index (χ3n) is 4.44. The number of hydrogen-bond acceptors (Lipinski definition) is 2. The number of benzene rings is 2. The summed E-state index contributed by atoms with van der Waals surface area (Å²) in [7, 11) is 1.65. The molecule has 1 fully saturated rings. The van der Waals surface area contributed by atoms with E-state index < -0.39 is 0 Å². The molecule has 1 saturated heterocycles. The molecule has 24 heavy (non-hydrogen) atoms. The molecule has 0 bridgehead atoms. The van der Waals surface area contributed by atoms with Gasteiger partial charge in [0.2, 0.25) is 5.91 Å². The lowest BCUT2D eigenvalue weighted by Gasteiger charge is -2.26. The summed E-state index contributed by atoms with van der Waals surface area (Å²) in [5.41, 5.74) is 1.80. The second-order valence-corrected chi connectivity index (χ2v) is 6.71. The highest BCUT2D eigenvalue weighted by Crippen LogP contribution is 2.35. The minimum atomic E-state index is 0.0512. The normalized spacial score (nSPS) is 17.1. The maximum absolute atomic E-state index is 12.8. The summed E-state index contributed by atoms with van der Waals surface area (Å²) in [6, 6.07) is 13.3. The lowest BCUT2D eigenvalue weighted by molar-refractivity contribution is -0.131. The van der Waals surface area contributed by atoms with Crippen molar-refractivity contribution in [2.75, 3.05) is 13.7 Å². The number of halogens is 2. The Kier molecular flexibility index (Phi) is 5.32. The summed E-state index contributed by atoms with van der Waals surface area (Å²) in [6.45, 7) is 0.753. The van der Waals surface area contributed by atoms with E-state index in [0.29, 0.717) is 15.6 Å². The van der Waals surface area contributed by atoms with Gasteiger partial charge in [0, 0.05) is 16.6 Å². The van der Waals surface area contributed by atoms with E-state index >= 15 is 0 Å². The molecule has 0 spiro atoms. The molecule has 1 aliphatic heterocycles. The largest absolute Gasteiger partial charge is 0.497 e. The summed E-state index contributed by atoms with van der Waals surface area (Å²) in [6.07, 6.45) is 2.16. The number of rotatable bonds is 4. The summed E-state index contributed by atoms with van der Waals surface area (Å²) < 4.78 is 5.30. The van der Waals surface area contributed by atoms with Crippen molar-refractivity contribution in [3.63, 3.8) is 0 Å². The quantitative estimate of drug-likeness (QED) is 0.772. The van der Waals surface area contributed by atoms with Crippen LogP contribution in [-0.2, 0) is 11.2 Å². The van der Waals surface area contributed by atoms with Crippen LogP contribution in [0.5, 0.6) is 5.75 Å². The molecule has 0 radical (unpaired) electrons. The highest BCUT2D eigenvalue weighted by molar-refractivity contribution is 6.36. The molecule has 0 aliphatic carbocycles. The Hall–Kier alpha value is -1.71. The number of ether oxygens (including phenoxy) is 1. The SMILES string of the molecule is COc1cccc(C2CCCN2C(=O)Cc2c(Cl)cccc2Cl)c1. The molecule has 1 unspecified atom stereocenters. The summed E-state index contributed by atoms with van der Waals surface area (Å²) in [5.74, 6) is 0.858. The molecule has 0 aromatic heterocycles. The van der Waals surface area contributed by atoms with Gasteiger partial charge in [-0.3, -0.25) is 4.79 Å². The molecule has 3 nitrogen and oxygen atoms in total. The molecule has 2 aromatic carbocycles. The fraction of sp³-hybridized carbons (Fsp3) is 0.316. The molecule has 2 aromatic rings. The van der Waals surface area contributed by atoms with E-state index in [4.69, 9.17) is 27.9 Å². The first-order valence-corrected chi connectivity index (χ1v) is 8.72. The fourth-order valence-electron chi connectivity index (χ4n) is 3.21. The van der Waals surface area contributed by atoms with Crippen LogP contribution in [0.1, 0.15) is 30.0 Å². The van der Waals surface area contributed by atoms with Gasteiger partial charge < -0.3 is 9.64 Å². The van der Waals surface area contributed by atoms with Gasteiger partial charge in [-0.1, -0.05) is 41.4 Å². The van der Waals surface area contributed by atoms with E-state index in [-0.39, 0.29) is 18.4 Å². The number of carbonyl (C=O) groups excluding carboxylic acids is 1. The Balaban J connectivity index is 1.81. The van der Waals surface area contributed by atoms with Crippen LogP contribution < -0.4 is 4.74 Å². The van der Waals surface area contributed by atoms with E-state index in [9.17, 15) is 4.79 Å². The first-order valence-electron chi connectivity index (χ1n) is 7.96. The van der Waals surface area contributed by atoms with E-state index in [1.165, 1.54) is 0 Å². The second kappa shape index (κ2) is 7.45. The zero-order valence-corrected chi connectivity index (χ0v) is 15.0. The van der Waals surface area contributed by atoms with Gasteiger partial charge in [-0.05, 0) is 48.2 Å². The van der Waals surface area contributed by atoms with E-state index in [1.54, 1.807) is 25.3 Å². The molecule has 3 rings (SSSR count). The summed E-state index contributed by atoms with van der Waals surface area (Å²) >= 11 is 12.4. The molecule has 1 amide bonds. The average molecular weight is 364 g/mol. The standard InChI is InChI=1S/C19H19Cl2NO2/c1-24-14-6-2-5-13(11-14)18-9-4-10-22(18)19(23)12-15-16(20)7-3-8-17(15)21/h2-3,5-8,11,18H,4,9-10,12H2,1H3. The molecule has 0 saturated carbocycles. The third-order valence-corrected chi connectivity index (χ3v) is 5.15. The van der Waals surface area contributed by atoms with Crippen LogP contribution in [-0.4, -0.2) is 24.5 Å². The van der Waals surface area contributed by atoms with Crippen molar-refractivity contribution in [2.45, 2.75) is 25.3 Å². The number of amides is 1. The molecule has 1 atom stereocenters. The van der Waals surface area contributed by atoms with E-state index in [0.717, 1.165) is 30.7 Å². The zero-order valence-electron chi connectivity index (χ0n) is 13.5. The average Bonchev–Trinajstić information content (AvgIpc) is 3.08. The number of hydrogen-bond donors (Lipinski definition) is 0. The number of carbonyl (C=O) groups is 1.